The monoisotopic (exact) mass is 383 g/mol. The molecule has 1 aromatic rings. The van der Waals surface area contributed by atoms with Gasteiger partial charge in [0.25, 0.3) is 0 Å². The van der Waals surface area contributed by atoms with Crippen molar-refractivity contribution in [2.24, 2.45) is 11.3 Å². The van der Waals surface area contributed by atoms with Crippen molar-refractivity contribution < 1.29 is 18.7 Å². The van der Waals surface area contributed by atoms with Crippen LogP contribution in [0.1, 0.15) is 52.0 Å². The number of amides is 1. The van der Waals surface area contributed by atoms with Gasteiger partial charge in [-0.05, 0) is 49.1 Å². The molecule has 0 saturated heterocycles. The van der Waals surface area contributed by atoms with E-state index >= 15 is 0 Å². The molecule has 1 aliphatic carbocycles. The molecular formula is C20H27ClFNO3. The zero-order valence-electron chi connectivity index (χ0n) is 15.8. The zero-order valence-corrected chi connectivity index (χ0v) is 16.6. The van der Waals surface area contributed by atoms with Crippen LogP contribution in [-0.2, 0) is 20.7 Å². The lowest BCUT2D eigenvalue weighted by Crippen LogP contribution is -2.57. The van der Waals surface area contributed by atoms with E-state index in [1.54, 1.807) is 0 Å². The van der Waals surface area contributed by atoms with Crippen molar-refractivity contribution in [3.05, 3.63) is 34.6 Å². The van der Waals surface area contributed by atoms with Gasteiger partial charge in [-0.1, -0.05) is 38.4 Å². The van der Waals surface area contributed by atoms with Crippen LogP contribution in [0.3, 0.4) is 0 Å². The summed E-state index contributed by atoms with van der Waals surface area (Å²) in [5.74, 6) is -0.941. The Hall–Kier alpha value is -1.62. The van der Waals surface area contributed by atoms with Crippen molar-refractivity contribution in [3.8, 4) is 0 Å². The maximum absolute atomic E-state index is 13.9. The average Bonchev–Trinajstić information content (AvgIpc) is 2.57. The number of esters is 1. The molecule has 6 heteroatoms. The summed E-state index contributed by atoms with van der Waals surface area (Å²) in [5.41, 5.74) is -0.770. The lowest BCUT2D eigenvalue weighted by atomic mass is 9.67. The average molecular weight is 384 g/mol. The number of hydrogen-bond acceptors (Lipinski definition) is 3. The SMILES string of the molecule is COC(=O)C1(NC(=O)Cc2c(F)cccc2Cl)CCC(C(C)(C)C)CC1. The first-order valence-corrected chi connectivity index (χ1v) is 9.29. The number of methoxy groups -OCH3 is 1. The van der Waals surface area contributed by atoms with E-state index in [0.29, 0.717) is 18.8 Å². The summed E-state index contributed by atoms with van der Waals surface area (Å²) in [7, 11) is 1.32. The molecule has 0 spiro atoms. The Balaban J connectivity index is 2.14. The first kappa shape index (κ1) is 20.7. The minimum Gasteiger partial charge on any atom is -0.467 e. The largest absolute Gasteiger partial charge is 0.467 e. The highest BCUT2D eigenvalue weighted by molar-refractivity contribution is 6.31. The summed E-state index contributed by atoms with van der Waals surface area (Å²) in [5, 5.41) is 3.02. The summed E-state index contributed by atoms with van der Waals surface area (Å²) in [4.78, 5) is 25.0. The Morgan fingerprint density at radius 2 is 1.92 bits per heavy atom. The maximum atomic E-state index is 13.9. The second-order valence-electron chi connectivity index (χ2n) is 8.14. The van der Waals surface area contributed by atoms with E-state index in [1.807, 2.05) is 0 Å². The van der Waals surface area contributed by atoms with Crippen LogP contribution >= 0.6 is 11.6 Å². The fourth-order valence-electron chi connectivity index (χ4n) is 3.72. The summed E-state index contributed by atoms with van der Waals surface area (Å²) in [6, 6.07) is 4.29. The smallest absolute Gasteiger partial charge is 0.331 e. The van der Waals surface area contributed by atoms with Gasteiger partial charge in [0.05, 0.1) is 13.5 Å². The molecular weight excluding hydrogens is 357 g/mol. The van der Waals surface area contributed by atoms with E-state index in [1.165, 1.54) is 25.3 Å². The minimum atomic E-state index is -1.05. The third-order valence-corrected chi connectivity index (χ3v) is 5.77. The first-order chi connectivity index (χ1) is 12.1. The quantitative estimate of drug-likeness (QED) is 0.789. The minimum absolute atomic E-state index is 0.134. The van der Waals surface area contributed by atoms with Crippen LogP contribution in [0.15, 0.2) is 18.2 Å². The molecule has 0 heterocycles. The standard InChI is InChI=1S/C20H27ClFNO3/c1-19(2,3)13-8-10-20(11-9-13,18(25)26-4)23-17(24)12-14-15(21)6-5-7-16(14)22/h5-7,13H,8-12H2,1-4H3,(H,23,24). The van der Waals surface area contributed by atoms with Gasteiger partial charge < -0.3 is 10.1 Å². The predicted molar refractivity (Wildman–Crippen MR) is 99.4 cm³/mol. The van der Waals surface area contributed by atoms with Crippen LogP contribution < -0.4 is 5.32 Å². The molecule has 1 saturated carbocycles. The third kappa shape index (κ3) is 4.56. The normalized spacial score (nSPS) is 23.4. The number of rotatable bonds is 4. The highest BCUT2D eigenvalue weighted by Crippen LogP contribution is 2.42. The molecule has 0 bridgehead atoms. The Kier molecular flexibility index (Phi) is 6.33. The van der Waals surface area contributed by atoms with Gasteiger partial charge in [-0.2, -0.15) is 0 Å². The highest BCUT2D eigenvalue weighted by atomic mass is 35.5. The van der Waals surface area contributed by atoms with E-state index in [2.05, 4.69) is 26.1 Å². The number of carbonyl (C=O) groups excluding carboxylic acids is 2. The number of ether oxygens (including phenoxy) is 1. The van der Waals surface area contributed by atoms with Crippen molar-refractivity contribution in [2.45, 2.75) is 58.4 Å². The Labute approximate surface area is 159 Å². The Morgan fingerprint density at radius 3 is 2.42 bits per heavy atom. The van der Waals surface area contributed by atoms with Gasteiger partial charge >= 0.3 is 5.97 Å². The maximum Gasteiger partial charge on any atom is 0.331 e. The molecule has 1 aliphatic rings. The van der Waals surface area contributed by atoms with Crippen molar-refractivity contribution >= 4 is 23.5 Å². The van der Waals surface area contributed by atoms with Gasteiger partial charge in [-0.3, -0.25) is 4.79 Å². The molecule has 0 aromatic heterocycles. The van der Waals surface area contributed by atoms with E-state index in [4.69, 9.17) is 16.3 Å². The van der Waals surface area contributed by atoms with Crippen molar-refractivity contribution in [3.63, 3.8) is 0 Å². The van der Waals surface area contributed by atoms with Crippen LogP contribution in [0.25, 0.3) is 0 Å². The number of nitrogens with one attached hydrogen (secondary N) is 1. The molecule has 1 aromatic carbocycles. The molecule has 0 aliphatic heterocycles. The van der Waals surface area contributed by atoms with Crippen LogP contribution in [0.5, 0.6) is 0 Å². The second kappa shape index (κ2) is 7.95. The van der Waals surface area contributed by atoms with E-state index in [9.17, 15) is 14.0 Å². The number of hydrogen-bond donors (Lipinski definition) is 1. The molecule has 144 valence electrons. The molecule has 26 heavy (non-hydrogen) atoms. The van der Waals surface area contributed by atoms with Crippen LogP contribution in [0.4, 0.5) is 4.39 Å². The van der Waals surface area contributed by atoms with Gasteiger partial charge in [0.15, 0.2) is 0 Å². The number of benzene rings is 1. The fourth-order valence-corrected chi connectivity index (χ4v) is 3.95. The van der Waals surface area contributed by atoms with Crippen LogP contribution in [0.2, 0.25) is 5.02 Å². The lowest BCUT2D eigenvalue weighted by Gasteiger charge is -2.42. The summed E-state index contributed by atoms with van der Waals surface area (Å²) in [6.07, 6.45) is 2.45. The molecule has 1 fully saturated rings. The third-order valence-electron chi connectivity index (χ3n) is 5.42. The lowest BCUT2D eigenvalue weighted by molar-refractivity contribution is -0.153. The molecule has 1 amide bonds. The number of halogens is 2. The fraction of sp³-hybridized carbons (Fsp3) is 0.600. The summed E-state index contributed by atoms with van der Waals surface area (Å²) >= 11 is 6.00. The second-order valence-corrected chi connectivity index (χ2v) is 8.55. The molecule has 0 atom stereocenters. The molecule has 4 nitrogen and oxygen atoms in total. The Morgan fingerprint density at radius 1 is 1.31 bits per heavy atom. The van der Waals surface area contributed by atoms with Gasteiger partial charge in [-0.15, -0.1) is 0 Å². The van der Waals surface area contributed by atoms with E-state index < -0.39 is 23.2 Å². The van der Waals surface area contributed by atoms with E-state index in [-0.39, 0.29) is 22.4 Å². The predicted octanol–water partition coefficient (Wildman–Crippen LogP) is 4.29. The van der Waals surface area contributed by atoms with Crippen molar-refractivity contribution in [1.82, 2.24) is 5.32 Å². The zero-order chi connectivity index (χ0) is 19.5. The number of carbonyl (C=O) groups is 2. The highest BCUT2D eigenvalue weighted by Gasteiger charge is 2.46. The van der Waals surface area contributed by atoms with Crippen molar-refractivity contribution in [2.75, 3.05) is 7.11 Å². The molecule has 0 radical (unpaired) electrons. The van der Waals surface area contributed by atoms with Crippen molar-refractivity contribution in [1.29, 1.82) is 0 Å². The van der Waals surface area contributed by atoms with Gasteiger partial charge in [0, 0.05) is 10.6 Å². The summed E-state index contributed by atoms with van der Waals surface area (Å²) < 4.78 is 18.9. The van der Waals surface area contributed by atoms with Crippen LogP contribution in [-0.4, -0.2) is 24.5 Å². The van der Waals surface area contributed by atoms with Crippen LogP contribution in [0, 0.1) is 17.2 Å². The molecule has 1 N–H and O–H groups in total. The molecule has 0 unspecified atom stereocenters. The Bertz CT molecular complexity index is 656. The summed E-state index contributed by atoms with van der Waals surface area (Å²) in [6.45, 7) is 6.55. The van der Waals surface area contributed by atoms with E-state index in [0.717, 1.165) is 12.8 Å². The van der Waals surface area contributed by atoms with Gasteiger partial charge in [-0.25, -0.2) is 9.18 Å². The topological polar surface area (TPSA) is 55.4 Å². The molecule has 2 rings (SSSR count). The first-order valence-electron chi connectivity index (χ1n) is 8.91. The van der Waals surface area contributed by atoms with Gasteiger partial charge in [0.1, 0.15) is 11.4 Å². The van der Waals surface area contributed by atoms with Gasteiger partial charge in [0.2, 0.25) is 5.91 Å².